The van der Waals surface area contributed by atoms with Crippen LogP contribution >= 0.6 is 7.14 Å². The van der Waals surface area contributed by atoms with Gasteiger partial charge in [0.2, 0.25) is 0 Å². The second kappa shape index (κ2) is 11.4. The third-order valence-corrected chi connectivity index (χ3v) is 13.7. The van der Waals surface area contributed by atoms with Crippen molar-refractivity contribution in [3.8, 4) is 11.1 Å². The lowest BCUT2D eigenvalue weighted by Crippen LogP contribution is -2.25. The van der Waals surface area contributed by atoms with E-state index in [0.29, 0.717) is 0 Å². The standard InChI is InChI=1S/C47H29N4OP/c52-53(33-13-3-1-4-14-33,34-15-5-2-6-16-34)35-21-24-42-40(29-35)37-22-19-30-11-7-8-17-36(30)44(37)47-50-41-23-20-31(28-43(41)51(42)47)39-27-32-12-9-25-48-45(32)46-38(39)18-10-26-49-46/h1-29H. The Labute approximate surface area is 304 Å². The zero-order valence-electron chi connectivity index (χ0n) is 28.4. The SMILES string of the molecule is O=P(c1ccccc1)(c1ccccc1)c1ccc2c(c1)c1ccc3ccccc3c1c1nc3ccc(-c4cc5cccnc5c5ncccc45)cc3n21. The van der Waals surface area contributed by atoms with E-state index >= 15 is 4.57 Å². The molecule has 0 atom stereocenters. The van der Waals surface area contributed by atoms with Gasteiger partial charge in [-0.1, -0.05) is 115 Å². The maximum absolute atomic E-state index is 15.6. The summed E-state index contributed by atoms with van der Waals surface area (Å²) in [4.78, 5) is 14.8. The molecule has 0 unspecified atom stereocenters. The fraction of sp³-hybridized carbons (Fsp3) is 0. The van der Waals surface area contributed by atoms with Gasteiger partial charge < -0.3 is 4.57 Å². The second-order valence-corrected chi connectivity index (χ2v) is 16.3. The van der Waals surface area contributed by atoms with Crippen LogP contribution in [-0.4, -0.2) is 19.4 Å². The number of pyridine rings is 3. The summed E-state index contributed by atoms with van der Waals surface area (Å²) in [5, 5.41) is 9.97. The van der Waals surface area contributed by atoms with Crippen molar-refractivity contribution in [2.75, 3.05) is 0 Å². The number of aromatic nitrogens is 4. The largest absolute Gasteiger partial charge is 0.309 e. The lowest BCUT2D eigenvalue weighted by molar-refractivity contribution is 0.592. The number of hydrogen-bond acceptors (Lipinski definition) is 4. The van der Waals surface area contributed by atoms with E-state index in [1.165, 1.54) is 0 Å². The normalized spacial score (nSPS) is 12.2. The molecule has 0 radical (unpaired) electrons. The zero-order chi connectivity index (χ0) is 35.1. The fourth-order valence-corrected chi connectivity index (χ4v) is 10.9. The Morgan fingerprint density at radius 3 is 1.98 bits per heavy atom. The molecule has 7 aromatic carbocycles. The Morgan fingerprint density at radius 1 is 0.472 bits per heavy atom. The summed E-state index contributed by atoms with van der Waals surface area (Å²) in [7, 11) is -3.23. The number of imidazole rings is 1. The Balaban J connectivity index is 1.26. The second-order valence-electron chi connectivity index (χ2n) is 13.6. The van der Waals surface area contributed by atoms with E-state index < -0.39 is 7.14 Å². The molecule has 0 spiro atoms. The molecule has 5 nitrogen and oxygen atoms in total. The van der Waals surface area contributed by atoms with Crippen LogP contribution in [0.3, 0.4) is 0 Å². The Morgan fingerprint density at radius 2 is 1.17 bits per heavy atom. The van der Waals surface area contributed by atoms with Crippen LogP contribution in [0.15, 0.2) is 176 Å². The van der Waals surface area contributed by atoms with Crippen molar-refractivity contribution < 1.29 is 4.57 Å². The Hall–Kier alpha value is -6.68. The van der Waals surface area contributed by atoms with Gasteiger partial charge in [0.1, 0.15) is 5.65 Å². The molecular formula is C47H29N4OP. The van der Waals surface area contributed by atoms with E-state index in [-0.39, 0.29) is 0 Å². The summed E-state index contributed by atoms with van der Waals surface area (Å²) in [5.74, 6) is 0. The van der Waals surface area contributed by atoms with E-state index in [4.69, 9.17) is 9.97 Å². The Bertz CT molecular complexity index is 3280. The van der Waals surface area contributed by atoms with Crippen molar-refractivity contribution in [2.24, 2.45) is 0 Å². The first-order valence-electron chi connectivity index (χ1n) is 17.7. The third kappa shape index (κ3) is 4.38. The average molecular weight is 697 g/mol. The summed E-state index contributed by atoms with van der Waals surface area (Å²) in [6, 6.07) is 55.9. The molecule has 6 heteroatoms. The first-order valence-corrected chi connectivity index (χ1v) is 19.4. The number of benzene rings is 7. The first kappa shape index (κ1) is 30.0. The number of rotatable bonds is 4. The van der Waals surface area contributed by atoms with Crippen molar-refractivity contribution in [1.82, 2.24) is 19.4 Å². The van der Waals surface area contributed by atoms with E-state index in [9.17, 15) is 0 Å². The van der Waals surface area contributed by atoms with Crippen LogP contribution in [0.4, 0.5) is 0 Å². The van der Waals surface area contributed by atoms with Gasteiger partial charge in [-0.3, -0.25) is 14.4 Å². The lowest BCUT2D eigenvalue weighted by Gasteiger charge is -2.21. The number of nitrogens with zero attached hydrogens (tertiary/aromatic N) is 4. The predicted molar refractivity (Wildman–Crippen MR) is 221 cm³/mol. The molecule has 4 heterocycles. The number of fused-ring (bicyclic) bond motifs is 13. The molecule has 0 saturated heterocycles. The molecule has 0 bridgehead atoms. The molecule has 4 aromatic heterocycles. The highest BCUT2D eigenvalue weighted by atomic mass is 31.2. The molecule has 0 aliphatic heterocycles. The first-order chi connectivity index (χ1) is 26.2. The van der Waals surface area contributed by atoms with Crippen LogP contribution in [0.25, 0.3) is 82.1 Å². The predicted octanol–water partition coefficient (Wildman–Crippen LogP) is 10.3. The molecule has 0 fully saturated rings. The summed E-state index contributed by atoms with van der Waals surface area (Å²) in [6.45, 7) is 0. The summed E-state index contributed by atoms with van der Waals surface area (Å²) < 4.78 is 17.9. The van der Waals surface area contributed by atoms with Crippen LogP contribution in [-0.2, 0) is 4.57 Å². The molecule has 11 rings (SSSR count). The van der Waals surface area contributed by atoms with Gasteiger partial charge in [-0.15, -0.1) is 0 Å². The molecule has 0 saturated carbocycles. The van der Waals surface area contributed by atoms with Crippen molar-refractivity contribution in [2.45, 2.75) is 0 Å². The van der Waals surface area contributed by atoms with Crippen LogP contribution in [0.5, 0.6) is 0 Å². The molecular weight excluding hydrogens is 668 g/mol. The number of hydrogen-bond donors (Lipinski definition) is 0. The highest BCUT2D eigenvalue weighted by molar-refractivity contribution is 7.85. The van der Waals surface area contributed by atoms with Crippen molar-refractivity contribution in [1.29, 1.82) is 0 Å². The van der Waals surface area contributed by atoms with Crippen LogP contribution < -0.4 is 15.9 Å². The lowest BCUT2D eigenvalue weighted by atomic mass is 9.97. The minimum atomic E-state index is -3.23. The van der Waals surface area contributed by atoms with Crippen molar-refractivity contribution >= 4 is 94.0 Å². The highest BCUT2D eigenvalue weighted by Gasteiger charge is 2.30. The molecule has 53 heavy (non-hydrogen) atoms. The molecule has 0 N–H and O–H groups in total. The van der Waals surface area contributed by atoms with Gasteiger partial charge in [0.05, 0.1) is 27.6 Å². The van der Waals surface area contributed by atoms with E-state index in [2.05, 4.69) is 100 Å². The van der Waals surface area contributed by atoms with E-state index in [0.717, 1.165) is 98.0 Å². The molecule has 0 aliphatic carbocycles. The van der Waals surface area contributed by atoms with Gasteiger partial charge >= 0.3 is 0 Å². The van der Waals surface area contributed by atoms with Gasteiger partial charge in [-0.2, -0.15) is 0 Å². The molecule has 0 aliphatic rings. The molecule has 248 valence electrons. The summed E-state index contributed by atoms with van der Waals surface area (Å²) in [6.07, 6.45) is 3.65. The van der Waals surface area contributed by atoms with Crippen LogP contribution in [0.2, 0.25) is 0 Å². The highest BCUT2D eigenvalue weighted by Crippen LogP contribution is 2.45. The molecule has 0 amide bonds. The quantitative estimate of drug-likeness (QED) is 0.136. The van der Waals surface area contributed by atoms with E-state index in [1.807, 2.05) is 85.2 Å². The summed E-state index contributed by atoms with van der Waals surface area (Å²) >= 11 is 0. The summed E-state index contributed by atoms with van der Waals surface area (Å²) in [5.41, 5.74) is 7.76. The maximum Gasteiger partial charge on any atom is 0.171 e. The van der Waals surface area contributed by atoms with Gasteiger partial charge in [0, 0.05) is 49.9 Å². The Kier molecular flexibility index (Phi) is 6.46. The average Bonchev–Trinajstić information content (AvgIpc) is 3.62. The van der Waals surface area contributed by atoms with Gasteiger partial charge in [-0.25, -0.2) is 4.98 Å². The fourth-order valence-electron chi connectivity index (χ4n) is 8.26. The maximum atomic E-state index is 15.6. The van der Waals surface area contributed by atoms with Crippen LogP contribution in [0, 0.1) is 0 Å². The van der Waals surface area contributed by atoms with Gasteiger partial charge in [0.15, 0.2) is 7.14 Å². The third-order valence-electron chi connectivity index (χ3n) is 10.7. The molecule has 11 aromatic rings. The van der Waals surface area contributed by atoms with Crippen molar-refractivity contribution in [3.05, 3.63) is 176 Å². The van der Waals surface area contributed by atoms with Crippen LogP contribution in [0.1, 0.15) is 0 Å². The zero-order valence-corrected chi connectivity index (χ0v) is 29.3. The van der Waals surface area contributed by atoms with E-state index in [1.54, 1.807) is 0 Å². The van der Waals surface area contributed by atoms with Crippen molar-refractivity contribution in [3.63, 3.8) is 0 Å². The monoisotopic (exact) mass is 696 g/mol. The van der Waals surface area contributed by atoms with Gasteiger partial charge in [0.25, 0.3) is 0 Å². The minimum Gasteiger partial charge on any atom is -0.309 e. The van der Waals surface area contributed by atoms with Gasteiger partial charge in [-0.05, 0) is 75.8 Å². The smallest absolute Gasteiger partial charge is 0.171 e. The topological polar surface area (TPSA) is 60.2 Å². The minimum absolute atomic E-state index is 0.796.